The van der Waals surface area contributed by atoms with E-state index in [-0.39, 0.29) is 5.97 Å². The molecule has 0 N–H and O–H groups in total. The van der Waals surface area contributed by atoms with E-state index >= 15 is 0 Å². The smallest absolute Gasteiger partial charge is 0.348 e. The lowest BCUT2D eigenvalue weighted by atomic mass is 9.98. The summed E-state index contributed by atoms with van der Waals surface area (Å²) in [6, 6.07) is 1.78. The predicted molar refractivity (Wildman–Crippen MR) is 64.2 cm³/mol. The summed E-state index contributed by atoms with van der Waals surface area (Å²) in [5, 5.41) is 13.3. The molecule has 1 aliphatic rings. The van der Waals surface area contributed by atoms with Crippen molar-refractivity contribution in [3.05, 3.63) is 21.4 Å². The summed E-state index contributed by atoms with van der Waals surface area (Å²) in [7, 11) is 1.36. The van der Waals surface area contributed by atoms with Gasteiger partial charge in [0.2, 0.25) is 0 Å². The molecular formula is C12H16NO3S. The highest BCUT2D eigenvalue weighted by atomic mass is 32.1. The minimum absolute atomic E-state index is 0.339. The lowest BCUT2D eigenvalue weighted by molar-refractivity contribution is -0.265. The van der Waals surface area contributed by atoms with E-state index in [1.54, 1.807) is 6.07 Å². The molecule has 2 rings (SSSR count). The maximum atomic E-state index is 12.2. The second-order valence-corrected chi connectivity index (χ2v) is 6.31. The van der Waals surface area contributed by atoms with Gasteiger partial charge >= 0.3 is 5.97 Å². The average molecular weight is 254 g/mol. The Kier molecular flexibility index (Phi) is 2.61. The van der Waals surface area contributed by atoms with Crippen molar-refractivity contribution in [1.82, 2.24) is 5.06 Å². The zero-order chi connectivity index (χ0) is 13.0. The van der Waals surface area contributed by atoms with Crippen molar-refractivity contribution in [1.29, 1.82) is 0 Å². The lowest BCUT2D eigenvalue weighted by Gasteiger charge is -2.32. The van der Waals surface area contributed by atoms with Crippen molar-refractivity contribution >= 4 is 17.3 Å². The Hall–Kier alpha value is -0.910. The van der Waals surface area contributed by atoms with Crippen LogP contribution in [0.3, 0.4) is 0 Å². The largest absolute Gasteiger partial charge is 0.465 e. The molecule has 0 saturated carbocycles. The average Bonchev–Trinajstić information content (AvgIpc) is 2.76. The van der Waals surface area contributed by atoms with Crippen molar-refractivity contribution < 1.29 is 14.7 Å². The summed E-state index contributed by atoms with van der Waals surface area (Å²) in [5.74, 6) is -0.339. The summed E-state index contributed by atoms with van der Waals surface area (Å²) in [5.41, 5.74) is -0.250. The number of nitrogens with zero attached hydrogens (tertiary/aromatic N) is 1. The Balaban J connectivity index is 2.58. The van der Waals surface area contributed by atoms with E-state index in [0.717, 1.165) is 15.5 Å². The fraction of sp³-hybridized carbons (Fsp3) is 0.583. The Morgan fingerprint density at radius 2 is 1.88 bits per heavy atom. The number of hydrogen-bond donors (Lipinski definition) is 0. The summed E-state index contributed by atoms with van der Waals surface area (Å²) >= 11 is 1.35. The molecule has 17 heavy (non-hydrogen) atoms. The molecule has 0 amide bonds. The molecule has 0 spiro atoms. The van der Waals surface area contributed by atoms with E-state index in [9.17, 15) is 10.0 Å². The van der Waals surface area contributed by atoms with Crippen LogP contribution in [0.25, 0.3) is 0 Å². The van der Waals surface area contributed by atoms with Crippen LogP contribution in [0.2, 0.25) is 0 Å². The van der Waals surface area contributed by atoms with Crippen LogP contribution >= 0.6 is 11.3 Å². The maximum Gasteiger partial charge on any atom is 0.348 e. The molecule has 0 fully saturated rings. The van der Waals surface area contributed by atoms with Crippen molar-refractivity contribution in [3.8, 4) is 0 Å². The molecule has 0 atom stereocenters. The molecule has 0 saturated heterocycles. The molecule has 0 aromatic carbocycles. The zero-order valence-electron chi connectivity index (χ0n) is 10.7. The van der Waals surface area contributed by atoms with Crippen molar-refractivity contribution in [3.63, 3.8) is 0 Å². The molecule has 1 radical (unpaired) electrons. The first-order chi connectivity index (χ1) is 7.72. The molecule has 93 valence electrons. The third-order valence-electron chi connectivity index (χ3n) is 3.35. The number of rotatable bonds is 1. The number of thiophene rings is 1. The van der Waals surface area contributed by atoms with Crippen LogP contribution in [-0.2, 0) is 21.0 Å². The van der Waals surface area contributed by atoms with Gasteiger partial charge < -0.3 is 4.74 Å². The van der Waals surface area contributed by atoms with Gasteiger partial charge in [0, 0.05) is 4.88 Å². The lowest BCUT2D eigenvalue weighted by Crippen LogP contribution is -2.41. The molecule has 5 heteroatoms. The quantitative estimate of drug-likeness (QED) is 0.724. The van der Waals surface area contributed by atoms with Gasteiger partial charge in [-0.1, -0.05) is 0 Å². The highest BCUT2D eigenvalue weighted by Crippen LogP contribution is 2.51. The molecular weight excluding hydrogens is 238 g/mol. The Morgan fingerprint density at radius 3 is 2.35 bits per heavy atom. The van der Waals surface area contributed by atoms with Gasteiger partial charge in [-0.3, -0.25) is 0 Å². The highest BCUT2D eigenvalue weighted by molar-refractivity contribution is 7.14. The second-order valence-electron chi connectivity index (χ2n) is 5.26. The normalized spacial score (nSPS) is 21.3. The standard InChI is InChI=1S/C12H16NO3S/c1-11(2)7-6-8(10(14)16-5)17-9(7)12(3,4)13(11)15/h6H,1-5H3. The van der Waals surface area contributed by atoms with Gasteiger partial charge in [-0.2, -0.15) is 0 Å². The van der Waals surface area contributed by atoms with Gasteiger partial charge in [0.15, 0.2) is 0 Å². The molecule has 0 unspecified atom stereocenters. The fourth-order valence-corrected chi connectivity index (χ4v) is 3.72. The van der Waals surface area contributed by atoms with Gasteiger partial charge in [-0.15, -0.1) is 21.6 Å². The molecule has 1 aromatic rings. The van der Waals surface area contributed by atoms with E-state index in [0.29, 0.717) is 4.88 Å². The van der Waals surface area contributed by atoms with Crippen LogP contribution in [0, 0.1) is 0 Å². The number of hydrogen-bond acceptors (Lipinski definition) is 4. The Labute approximate surface area is 105 Å². The highest BCUT2D eigenvalue weighted by Gasteiger charge is 2.51. The Morgan fingerprint density at radius 1 is 1.29 bits per heavy atom. The summed E-state index contributed by atoms with van der Waals surface area (Å²) < 4.78 is 4.72. The van der Waals surface area contributed by atoms with Crippen molar-refractivity contribution in [2.24, 2.45) is 0 Å². The SMILES string of the molecule is COC(=O)c1cc2c(s1)C(C)(C)N([O])C2(C)C. The number of carbonyl (C=O) groups is 1. The van der Waals surface area contributed by atoms with Gasteiger partial charge in [0.1, 0.15) is 4.88 Å². The number of hydroxylamine groups is 2. The summed E-state index contributed by atoms with van der Waals surface area (Å²) in [4.78, 5) is 13.0. The first-order valence-electron chi connectivity index (χ1n) is 5.43. The molecule has 4 nitrogen and oxygen atoms in total. The number of fused-ring (bicyclic) bond motifs is 1. The fourth-order valence-electron chi connectivity index (χ4n) is 2.40. The van der Waals surface area contributed by atoms with Crippen LogP contribution in [0.1, 0.15) is 47.8 Å². The minimum atomic E-state index is -0.596. The van der Waals surface area contributed by atoms with Gasteiger partial charge in [-0.25, -0.2) is 4.79 Å². The second kappa shape index (κ2) is 3.54. The first-order valence-corrected chi connectivity index (χ1v) is 6.25. The van der Waals surface area contributed by atoms with E-state index in [4.69, 9.17) is 4.74 Å². The zero-order valence-corrected chi connectivity index (χ0v) is 11.5. The van der Waals surface area contributed by atoms with Crippen LogP contribution in [0.5, 0.6) is 0 Å². The predicted octanol–water partition coefficient (Wildman–Crippen LogP) is 2.67. The molecule has 2 heterocycles. The third-order valence-corrected chi connectivity index (χ3v) is 4.78. The maximum absolute atomic E-state index is 12.2. The number of methoxy groups -OCH3 is 1. The molecule has 0 aliphatic carbocycles. The van der Waals surface area contributed by atoms with Crippen LogP contribution in [0.4, 0.5) is 0 Å². The van der Waals surface area contributed by atoms with Crippen LogP contribution in [0.15, 0.2) is 6.07 Å². The summed E-state index contributed by atoms with van der Waals surface area (Å²) in [6.45, 7) is 7.51. The minimum Gasteiger partial charge on any atom is -0.465 e. The third kappa shape index (κ3) is 1.53. The van der Waals surface area contributed by atoms with Crippen molar-refractivity contribution in [2.45, 2.75) is 38.8 Å². The topological polar surface area (TPSA) is 49.4 Å². The monoisotopic (exact) mass is 254 g/mol. The molecule has 1 aliphatic heterocycles. The van der Waals surface area contributed by atoms with Crippen LogP contribution in [-0.4, -0.2) is 18.1 Å². The Bertz CT molecular complexity index is 443. The van der Waals surface area contributed by atoms with E-state index < -0.39 is 11.1 Å². The van der Waals surface area contributed by atoms with Crippen LogP contribution < -0.4 is 0 Å². The number of esters is 1. The number of ether oxygens (including phenoxy) is 1. The number of carbonyl (C=O) groups excluding carboxylic acids is 1. The first kappa shape index (κ1) is 12.5. The van der Waals surface area contributed by atoms with Gasteiger partial charge in [-0.05, 0) is 39.3 Å². The van der Waals surface area contributed by atoms with E-state index in [1.165, 1.54) is 18.4 Å². The van der Waals surface area contributed by atoms with Gasteiger partial charge in [0.25, 0.3) is 0 Å². The van der Waals surface area contributed by atoms with Gasteiger partial charge in [0.05, 0.1) is 18.2 Å². The van der Waals surface area contributed by atoms with E-state index in [2.05, 4.69) is 0 Å². The van der Waals surface area contributed by atoms with E-state index in [1.807, 2.05) is 27.7 Å². The summed E-state index contributed by atoms with van der Waals surface area (Å²) in [6.07, 6.45) is 0. The molecule has 0 bridgehead atoms. The molecule has 1 aromatic heterocycles. The van der Waals surface area contributed by atoms with Crippen molar-refractivity contribution in [2.75, 3.05) is 7.11 Å².